The van der Waals surface area contributed by atoms with E-state index in [9.17, 15) is 14.9 Å². The van der Waals surface area contributed by atoms with Gasteiger partial charge in [-0.3, -0.25) is 25.0 Å². The van der Waals surface area contributed by atoms with Crippen molar-refractivity contribution in [1.82, 2.24) is 9.78 Å². The van der Waals surface area contributed by atoms with Crippen molar-refractivity contribution in [2.45, 2.75) is 6.92 Å². The highest BCUT2D eigenvalue weighted by Gasteiger charge is 2.12. The van der Waals surface area contributed by atoms with Gasteiger partial charge in [0.2, 0.25) is 0 Å². The van der Waals surface area contributed by atoms with E-state index in [1.165, 1.54) is 29.1 Å². The number of aryl methyl sites for hydroxylation is 1. The molecular weight excluding hydrogens is 424 g/mol. The molecule has 3 aromatic rings. The maximum atomic E-state index is 12.6. The topological polar surface area (TPSA) is 93.3 Å². The number of hydrogen-bond acceptors (Lipinski definition) is 4. The van der Waals surface area contributed by atoms with Crippen LogP contribution in [-0.4, -0.2) is 20.9 Å². The quantitative estimate of drug-likeness (QED) is 0.370. The molecule has 0 spiro atoms. The van der Waals surface area contributed by atoms with Crippen LogP contribution in [0.3, 0.4) is 0 Å². The van der Waals surface area contributed by atoms with Crippen molar-refractivity contribution >= 4 is 45.1 Å². The summed E-state index contributed by atoms with van der Waals surface area (Å²) in [7, 11) is 0. The van der Waals surface area contributed by atoms with Gasteiger partial charge in [-0.25, -0.2) is 4.68 Å². The minimum Gasteiger partial charge on any atom is -0.295 e. The third kappa shape index (κ3) is 3.61. The van der Waals surface area contributed by atoms with Crippen molar-refractivity contribution in [2.24, 2.45) is 4.99 Å². The normalized spacial score (nSPS) is 11.2. The summed E-state index contributed by atoms with van der Waals surface area (Å²) in [6, 6.07) is 11.2. The molecule has 0 aliphatic carbocycles. The fourth-order valence-corrected chi connectivity index (χ4v) is 2.82. The smallest absolute Gasteiger partial charge is 0.280 e. The third-order valence-electron chi connectivity index (χ3n) is 3.68. The molecule has 7 nitrogen and oxygen atoms in total. The van der Waals surface area contributed by atoms with E-state index < -0.39 is 4.92 Å². The summed E-state index contributed by atoms with van der Waals surface area (Å²) in [6.45, 7) is 1.76. The van der Waals surface area contributed by atoms with Crippen molar-refractivity contribution in [3.05, 3.63) is 83.7 Å². The van der Waals surface area contributed by atoms with E-state index in [-0.39, 0.29) is 16.3 Å². The van der Waals surface area contributed by atoms with Crippen LogP contribution in [-0.2, 0) is 0 Å². The first kappa shape index (κ1) is 18.1. The fourth-order valence-electron chi connectivity index (χ4n) is 2.33. The maximum Gasteiger partial charge on any atom is 0.280 e. The number of rotatable bonds is 4. The number of aromatic amines is 1. The van der Waals surface area contributed by atoms with E-state index in [0.29, 0.717) is 22.6 Å². The molecule has 2 aromatic carbocycles. The molecule has 0 amide bonds. The number of nitrogens with one attached hydrogen (secondary N) is 1. The predicted octanol–water partition coefficient (Wildman–Crippen LogP) is 4.55. The van der Waals surface area contributed by atoms with Gasteiger partial charge in [0, 0.05) is 28.5 Å². The Kier molecular flexibility index (Phi) is 5.06. The van der Waals surface area contributed by atoms with Crippen molar-refractivity contribution < 1.29 is 4.92 Å². The molecule has 0 saturated carbocycles. The van der Waals surface area contributed by atoms with Crippen LogP contribution in [0.1, 0.15) is 11.3 Å². The van der Waals surface area contributed by atoms with Gasteiger partial charge in [0.15, 0.2) is 0 Å². The van der Waals surface area contributed by atoms with Crippen molar-refractivity contribution in [3.8, 4) is 5.69 Å². The first-order valence-corrected chi connectivity index (χ1v) is 8.59. The lowest BCUT2D eigenvalue weighted by molar-refractivity contribution is -0.384. The van der Waals surface area contributed by atoms with Gasteiger partial charge >= 0.3 is 0 Å². The number of nitro groups is 1. The van der Waals surface area contributed by atoms with Crippen LogP contribution < -0.4 is 5.56 Å². The number of aliphatic imine (C=N–C) groups is 1. The van der Waals surface area contributed by atoms with Gasteiger partial charge in [-0.1, -0.05) is 27.5 Å². The van der Waals surface area contributed by atoms with Gasteiger partial charge in [-0.05, 0) is 37.3 Å². The van der Waals surface area contributed by atoms with Gasteiger partial charge in [0.25, 0.3) is 11.2 Å². The number of hydrogen-bond donors (Lipinski definition) is 1. The molecule has 0 saturated heterocycles. The van der Waals surface area contributed by atoms with Gasteiger partial charge in [0.1, 0.15) is 0 Å². The van der Waals surface area contributed by atoms with Gasteiger partial charge in [-0.2, -0.15) is 0 Å². The van der Waals surface area contributed by atoms with Crippen LogP contribution in [0.5, 0.6) is 0 Å². The molecule has 1 N–H and O–H groups in total. The van der Waals surface area contributed by atoms with Gasteiger partial charge in [0.05, 0.1) is 26.9 Å². The summed E-state index contributed by atoms with van der Waals surface area (Å²) >= 11 is 9.38. The second kappa shape index (κ2) is 7.27. The lowest BCUT2D eigenvalue weighted by Gasteiger charge is -2.00. The molecule has 9 heteroatoms. The zero-order valence-corrected chi connectivity index (χ0v) is 15.8. The van der Waals surface area contributed by atoms with E-state index >= 15 is 0 Å². The lowest BCUT2D eigenvalue weighted by Crippen LogP contribution is -2.17. The number of halogens is 2. The largest absolute Gasteiger partial charge is 0.295 e. The Morgan fingerprint density at radius 1 is 1.27 bits per heavy atom. The summed E-state index contributed by atoms with van der Waals surface area (Å²) in [5.74, 6) is 0. The van der Waals surface area contributed by atoms with E-state index in [2.05, 4.69) is 26.0 Å². The second-order valence-corrected chi connectivity index (χ2v) is 6.74. The summed E-state index contributed by atoms with van der Waals surface area (Å²) in [5, 5.41) is 13.9. The zero-order chi connectivity index (χ0) is 18.8. The minimum atomic E-state index is -0.535. The molecule has 0 bridgehead atoms. The van der Waals surface area contributed by atoms with Crippen LogP contribution in [0.2, 0.25) is 5.02 Å². The Morgan fingerprint density at radius 3 is 2.58 bits per heavy atom. The third-order valence-corrected chi connectivity index (χ3v) is 4.51. The maximum absolute atomic E-state index is 12.6. The molecule has 3 rings (SSSR count). The molecule has 0 aliphatic heterocycles. The fraction of sp³-hybridized carbons (Fsp3) is 0.0588. The molecule has 0 atom stereocenters. The Labute approximate surface area is 161 Å². The molecule has 1 heterocycles. The van der Waals surface area contributed by atoms with Crippen LogP contribution >= 0.6 is 27.5 Å². The van der Waals surface area contributed by atoms with Gasteiger partial charge < -0.3 is 0 Å². The van der Waals surface area contributed by atoms with Crippen LogP contribution in [0.25, 0.3) is 5.69 Å². The van der Waals surface area contributed by atoms with Gasteiger partial charge in [-0.15, -0.1) is 0 Å². The molecule has 26 heavy (non-hydrogen) atoms. The average molecular weight is 436 g/mol. The summed E-state index contributed by atoms with van der Waals surface area (Å²) in [6.07, 6.45) is 1.40. The number of non-ortho nitro benzene ring substituents is 1. The molecule has 132 valence electrons. The van der Waals surface area contributed by atoms with E-state index in [1.807, 2.05) is 12.1 Å². The summed E-state index contributed by atoms with van der Waals surface area (Å²) in [5.41, 5.74) is 1.67. The molecular formula is C17H12BrClN4O3. The van der Waals surface area contributed by atoms with E-state index in [4.69, 9.17) is 11.6 Å². The molecule has 0 aliphatic rings. The molecule has 0 unspecified atom stereocenters. The lowest BCUT2D eigenvalue weighted by atomic mass is 10.2. The Morgan fingerprint density at radius 2 is 1.96 bits per heavy atom. The van der Waals surface area contributed by atoms with Crippen molar-refractivity contribution in [3.63, 3.8) is 0 Å². The Balaban J connectivity index is 1.96. The van der Waals surface area contributed by atoms with E-state index in [1.54, 1.807) is 19.1 Å². The Hall–Kier alpha value is -2.71. The average Bonchev–Trinajstić information content (AvgIpc) is 2.89. The second-order valence-electron chi connectivity index (χ2n) is 5.42. The first-order valence-electron chi connectivity index (χ1n) is 7.42. The molecule has 1 aromatic heterocycles. The highest BCUT2D eigenvalue weighted by Crippen LogP contribution is 2.28. The SMILES string of the molecule is Cc1[nH]n(-c2ccc(Br)cc2)c(=O)c1C=Nc1ccc([N+](=O)[O-])cc1Cl. The standard InChI is InChI=1S/C17H12BrClN4O3/c1-10-14(9-20-16-7-6-13(23(25)26)8-15(16)19)17(24)22(21-10)12-4-2-11(18)3-5-12/h2-9,21H,1H3. The van der Waals surface area contributed by atoms with Crippen LogP contribution in [0, 0.1) is 17.0 Å². The zero-order valence-electron chi connectivity index (χ0n) is 13.4. The Bertz CT molecular complexity index is 1070. The number of benzene rings is 2. The predicted molar refractivity (Wildman–Crippen MR) is 104 cm³/mol. The highest BCUT2D eigenvalue weighted by molar-refractivity contribution is 9.10. The molecule has 0 radical (unpaired) electrons. The number of aromatic nitrogens is 2. The van der Waals surface area contributed by atoms with E-state index in [0.717, 1.165) is 4.47 Å². The number of nitrogens with zero attached hydrogens (tertiary/aromatic N) is 3. The summed E-state index contributed by atoms with van der Waals surface area (Å²) in [4.78, 5) is 27.0. The van der Waals surface area contributed by atoms with Crippen LogP contribution in [0.15, 0.2) is 56.7 Å². The highest BCUT2D eigenvalue weighted by atomic mass is 79.9. The number of nitro benzene ring substituents is 1. The van der Waals surface area contributed by atoms with Crippen molar-refractivity contribution in [1.29, 1.82) is 0 Å². The first-order chi connectivity index (χ1) is 12.4. The monoisotopic (exact) mass is 434 g/mol. The number of H-pyrrole nitrogens is 1. The summed E-state index contributed by atoms with van der Waals surface area (Å²) < 4.78 is 2.33. The minimum absolute atomic E-state index is 0.121. The van der Waals surface area contributed by atoms with Crippen molar-refractivity contribution in [2.75, 3.05) is 0 Å². The molecule has 0 fully saturated rings. The van der Waals surface area contributed by atoms with Crippen LogP contribution in [0.4, 0.5) is 11.4 Å².